The summed E-state index contributed by atoms with van der Waals surface area (Å²) in [7, 11) is 1.95. The van der Waals surface area contributed by atoms with Crippen LogP contribution < -0.4 is 9.80 Å². The van der Waals surface area contributed by atoms with Crippen molar-refractivity contribution in [2.75, 3.05) is 56.3 Å². The van der Waals surface area contributed by atoms with E-state index in [-0.39, 0.29) is 19.2 Å². The molecular weight excluding hydrogens is 648 g/mol. The molecule has 0 heterocycles. The highest BCUT2D eigenvalue weighted by molar-refractivity contribution is 5.87. The lowest BCUT2D eigenvalue weighted by Crippen LogP contribution is -2.32. The number of azo groups is 2. The Hall–Kier alpha value is -5.65. The van der Waals surface area contributed by atoms with Crippen LogP contribution in [0.1, 0.15) is 41.0 Å². The van der Waals surface area contributed by atoms with E-state index < -0.39 is 17.4 Å². The van der Waals surface area contributed by atoms with Gasteiger partial charge in [-0.3, -0.25) is 4.79 Å². The topological polar surface area (TPSA) is 135 Å². The molecule has 12 heteroatoms. The molecule has 3 aromatic rings. The Kier molecular flexibility index (Phi) is 15.2. The first-order valence-corrected chi connectivity index (χ1v) is 16.7. The van der Waals surface area contributed by atoms with Gasteiger partial charge in [0.25, 0.3) is 0 Å². The number of carbonyl (C=O) groups excluding carboxylic acids is 3. The molecule has 0 saturated heterocycles. The second kappa shape index (κ2) is 19.5. The van der Waals surface area contributed by atoms with Gasteiger partial charge in [-0.25, -0.2) is 9.59 Å². The molecule has 0 saturated carbocycles. The molecular formula is C39H48N6O6. The summed E-state index contributed by atoms with van der Waals surface area (Å²) in [6, 6.07) is 22.3. The second-order valence-electron chi connectivity index (χ2n) is 12.6. The predicted octanol–water partition coefficient (Wildman–Crippen LogP) is 8.98. The third kappa shape index (κ3) is 13.3. The van der Waals surface area contributed by atoms with Crippen LogP contribution in [-0.2, 0) is 28.6 Å². The van der Waals surface area contributed by atoms with Crippen molar-refractivity contribution in [1.82, 2.24) is 0 Å². The van der Waals surface area contributed by atoms with Crippen molar-refractivity contribution in [3.05, 3.63) is 97.1 Å². The van der Waals surface area contributed by atoms with Crippen LogP contribution in [0.15, 0.2) is 118 Å². The van der Waals surface area contributed by atoms with Crippen LogP contribution >= 0.6 is 0 Å². The number of rotatable bonds is 19. The fourth-order valence-corrected chi connectivity index (χ4v) is 4.18. The Morgan fingerprint density at radius 3 is 1.33 bits per heavy atom. The van der Waals surface area contributed by atoms with Crippen molar-refractivity contribution in [3.8, 4) is 0 Å². The van der Waals surface area contributed by atoms with Gasteiger partial charge in [-0.15, -0.1) is 0 Å². The van der Waals surface area contributed by atoms with Crippen molar-refractivity contribution < 1.29 is 28.6 Å². The monoisotopic (exact) mass is 696 g/mol. The van der Waals surface area contributed by atoms with Gasteiger partial charge in [0.05, 0.1) is 47.8 Å². The first-order chi connectivity index (χ1) is 24.3. The van der Waals surface area contributed by atoms with Crippen LogP contribution in [-0.4, -0.2) is 64.4 Å². The second-order valence-corrected chi connectivity index (χ2v) is 12.6. The number of anilines is 2. The van der Waals surface area contributed by atoms with Gasteiger partial charge in [-0.1, -0.05) is 20.1 Å². The van der Waals surface area contributed by atoms with Crippen LogP contribution in [0, 0.1) is 5.41 Å². The largest absolute Gasteiger partial charge is 0.463 e. The highest BCUT2D eigenvalue weighted by Crippen LogP contribution is 2.26. The van der Waals surface area contributed by atoms with Crippen LogP contribution in [0.5, 0.6) is 0 Å². The number of ether oxygens (including phenoxy) is 3. The molecule has 3 rings (SSSR count). The summed E-state index contributed by atoms with van der Waals surface area (Å²) in [6.07, 6.45) is 0.727. The predicted molar refractivity (Wildman–Crippen MR) is 200 cm³/mol. The lowest BCUT2D eigenvalue weighted by Gasteiger charge is -2.24. The zero-order valence-corrected chi connectivity index (χ0v) is 30.4. The summed E-state index contributed by atoms with van der Waals surface area (Å²) in [4.78, 5) is 39.8. The summed E-state index contributed by atoms with van der Waals surface area (Å²) in [5.41, 5.74) is 4.63. The molecule has 12 nitrogen and oxygen atoms in total. The minimum atomic E-state index is -0.478. The minimum absolute atomic E-state index is 0.139. The average Bonchev–Trinajstić information content (AvgIpc) is 3.12. The Balaban J connectivity index is 1.54. The lowest BCUT2D eigenvalue weighted by atomic mass is 9.91. The Labute approximate surface area is 300 Å². The fraction of sp³-hybridized carbons (Fsp3) is 0.359. The van der Waals surface area contributed by atoms with Gasteiger partial charge in [0.2, 0.25) is 0 Å². The van der Waals surface area contributed by atoms with Crippen molar-refractivity contribution in [2.24, 2.45) is 25.9 Å². The number of nitrogens with zero attached hydrogens (tertiary/aromatic N) is 6. The highest BCUT2D eigenvalue weighted by atomic mass is 16.5. The summed E-state index contributed by atoms with van der Waals surface area (Å²) >= 11 is 0. The SMILES string of the molecule is C=C(C)C(=O)OCCN(CCOC(=O)C(=C)C)c1ccc(/N=N/c2ccc(/N=N/c3ccc(N(C)CCOC(=O)C(C)(C)CC)cc3)cc2)cc1. The molecule has 0 bridgehead atoms. The van der Waals surface area contributed by atoms with E-state index in [0.717, 1.165) is 17.8 Å². The van der Waals surface area contributed by atoms with Gasteiger partial charge in [0, 0.05) is 29.6 Å². The molecule has 0 fully saturated rings. The van der Waals surface area contributed by atoms with Gasteiger partial charge in [0.1, 0.15) is 19.8 Å². The standard InChI is InChI=1S/C39H48N6O6/c1-9-39(6,7)38(48)51-25-22-44(8)34-18-14-32(15-19-34)42-40-30-10-12-31(13-11-30)41-43-33-16-20-35(21-17-33)45(23-26-49-36(46)28(2)3)24-27-50-37(47)29(4)5/h10-21H,2,4,9,22-27H2,1,3,5-8H3/b42-40+,43-41+. The molecule has 51 heavy (non-hydrogen) atoms. The van der Waals surface area contributed by atoms with Gasteiger partial charge in [0.15, 0.2) is 0 Å². The quantitative estimate of drug-likeness (QED) is 0.0525. The zero-order valence-electron chi connectivity index (χ0n) is 30.4. The highest BCUT2D eigenvalue weighted by Gasteiger charge is 2.26. The minimum Gasteiger partial charge on any atom is -0.463 e. The van der Waals surface area contributed by atoms with Crippen LogP contribution in [0.4, 0.5) is 34.1 Å². The Morgan fingerprint density at radius 1 is 0.608 bits per heavy atom. The fourth-order valence-electron chi connectivity index (χ4n) is 4.18. The molecule has 0 aliphatic carbocycles. The van der Waals surface area contributed by atoms with E-state index in [9.17, 15) is 14.4 Å². The van der Waals surface area contributed by atoms with E-state index in [1.807, 2.05) is 98.3 Å². The Bertz CT molecular complexity index is 1670. The summed E-state index contributed by atoms with van der Waals surface area (Å²) in [5.74, 6) is -1.11. The number of carbonyl (C=O) groups is 3. The van der Waals surface area contributed by atoms with Crippen LogP contribution in [0.3, 0.4) is 0 Å². The molecule has 0 N–H and O–H groups in total. The van der Waals surface area contributed by atoms with E-state index in [2.05, 4.69) is 33.6 Å². The maximum atomic E-state index is 12.2. The van der Waals surface area contributed by atoms with Crippen molar-refractivity contribution in [2.45, 2.75) is 41.0 Å². The summed E-state index contributed by atoms with van der Waals surface area (Å²) < 4.78 is 16.0. The molecule has 0 spiro atoms. The molecule has 0 radical (unpaired) electrons. The molecule has 0 amide bonds. The molecule has 0 unspecified atom stereocenters. The first-order valence-electron chi connectivity index (χ1n) is 16.7. The number of hydrogen-bond donors (Lipinski definition) is 0. The maximum absolute atomic E-state index is 12.2. The summed E-state index contributed by atoms with van der Waals surface area (Å²) in [5, 5.41) is 17.3. The van der Waals surface area contributed by atoms with Gasteiger partial charge in [-0.05, 0) is 107 Å². The zero-order chi connectivity index (χ0) is 37.4. The number of esters is 3. The number of hydrogen-bond acceptors (Lipinski definition) is 12. The number of benzene rings is 3. The maximum Gasteiger partial charge on any atom is 0.333 e. The van der Waals surface area contributed by atoms with Crippen molar-refractivity contribution in [3.63, 3.8) is 0 Å². The molecule has 0 aliphatic rings. The molecule has 0 aliphatic heterocycles. The van der Waals surface area contributed by atoms with Gasteiger partial charge < -0.3 is 24.0 Å². The van der Waals surface area contributed by atoms with E-state index in [1.165, 1.54) is 0 Å². The molecule has 0 aromatic heterocycles. The van der Waals surface area contributed by atoms with E-state index >= 15 is 0 Å². The molecule has 3 aromatic carbocycles. The van der Waals surface area contributed by atoms with Crippen molar-refractivity contribution in [1.29, 1.82) is 0 Å². The van der Waals surface area contributed by atoms with Crippen molar-refractivity contribution >= 4 is 52.0 Å². The number of likely N-dealkylation sites (N-methyl/N-ethyl adjacent to an activating group) is 1. The van der Waals surface area contributed by atoms with Crippen LogP contribution in [0.2, 0.25) is 0 Å². The molecule has 0 atom stereocenters. The first kappa shape index (κ1) is 39.8. The lowest BCUT2D eigenvalue weighted by molar-refractivity contribution is -0.153. The third-order valence-corrected chi connectivity index (χ3v) is 7.90. The average molecular weight is 697 g/mol. The van der Waals surface area contributed by atoms with Gasteiger partial charge in [-0.2, -0.15) is 20.5 Å². The smallest absolute Gasteiger partial charge is 0.333 e. The third-order valence-electron chi connectivity index (χ3n) is 7.90. The molecule has 270 valence electrons. The Morgan fingerprint density at radius 2 is 0.961 bits per heavy atom. The van der Waals surface area contributed by atoms with Crippen LogP contribution in [0.25, 0.3) is 0 Å². The van der Waals surface area contributed by atoms with Gasteiger partial charge >= 0.3 is 17.9 Å². The van der Waals surface area contributed by atoms with E-state index in [1.54, 1.807) is 26.0 Å². The van der Waals surface area contributed by atoms with E-state index in [4.69, 9.17) is 14.2 Å². The normalized spacial score (nSPS) is 11.3. The van der Waals surface area contributed by atoms with E-state index in [0.29, 0.717) is 60.1 Å². The summed E-state index contributed by atoms with van der Waals surface area (Å²) in [6.45, 7) is 18.1.